The molecule has 1 amide bonds. The summed E-state index contributed by atoms with van der Waals surface area (Å²) in [4.78, 5) is 32.8. The highest BCUT2D eigenvalue weighted by Crippen LogP contribution is 2.37. The third-order valence-corrected chi connectivity index (χ3v) is 7.72. The van der Waals surface area contributed by atoms with Crippen molar-refractivity contribution in [1.29, 1.82) is 0 Å². The van der Waals surface area contributed by atoms with Gasteiger partial charge in [0, 0.05) is 17.3 Å². The van der Waals surface area contributed by atoms with E-state index in [-0.39, 0.29) is 17.1 Å². The van der Waals surface area contributed by atoms with E-state index in [1.54, 1.807) is 55.5 Å². The summed E-state index contributed by atoms with van der Waals surface area (Å²) in [6.07, 6.45) is 1.60. The second kappa shape index (κ2) is 12.5. The number of para-hydroxylation sites is 1. The standard InChI is InChI=1S/C31H27F2N3O6S/c1-17-26(28(37)35-19-8-6-5-7-9-19)27(21-12-11-20(39-2)16-23(21)40-3)36-29(38)25(43-31(36)34-17)15-18-10-13-22(42-30(32)33)24(14-18)41-4/h5-16,27,30H,1-4H3,(H,35,37)/b25-15+/t27-/m0/s1. The Morgan fingerprint density at radius 1 is 0.977 bits per heavy atom. The fourth-order valence-electron chi connectivity index (χ4n) is 4.79. The second-order valence-electron chi connectivity index (χ2n) is 9.30. The van der Waals surface area contributed by atoms with Gasteiger partial charge in [-0.15, -0.1) is 0 Å². The smallest absolute Gasteiger partial charge is 0.387 e. The van der Waals surface area contributed by atoms with E-state index in [4.69, 9.17) is 14.2 Å². The zero-order valence-corrected chi connectivity index (χ0v) is 24.4. The Labute approximate surface area is 248 Å². The van der Waals surface area contributed by atoms with Crippen LogP contribution in [0.2, 0.25) is 0 Å². The third-order valence-electron chi connectivity index (χ3n) is 6.73. The van der Waals surface area contributed by atoms with Crippen LogP contribution >= 0.6 is 11.3 Å². The van der Waals surface area contributed by atoms with Crippen molar-refractivity contribution in [2.45, 2.75) is 19.6 Å². The molecule has 1 aromatic heterocycles. The topological polar surface area (TPSA) is 100 Å². The van der Waals surface area contributed by atoms with Gasteiger partial charge in [-0.25, -0.2) is 4.99 Å². The minimum atomic E-state index is -3.02. The molecule has 1 aliphatic heterocycles. The van der Waals surface area contributed by atoms with Gasteiger partial charge in [-0.2, -0.15) is 8.78 Å². The number of rotatable bonds is 9. The fourth-order valence-corrected chi connectivity index (χ4v) is 5.84. The number of nitrogens with one attached hydrogen (secondary N) is 1. The number of anilines is 1. The van der Waals surface area contributed by atoms with Gasteiger partial charge in [0.2, 0.25) is 0 Å². The first-order valence-electron chi connectivity index (χ1n) is 13.0. The van der Waals surface area contributed by atoms with Crippen molar-refractivity contribution in [3.8, 4) is 23.0 Å². The van der Waals surface area contributed by atoms with Gasteiger partial charge in [0.15, 0.2) is 16.3 Å². The molecule has 0 bridgehead atoms. The zero-order valence-electron chi connectivity index (χ0n) is 23.6. The maximum absolute atomic E-state index is 14.0. The minimum absolute atomic E-state index is 0.0818. The fraction of sp³-hybridized carbons (Fsp3) is 0.194. The number of carbonyl (C=O) groups excluding carboxylic acids is 1. The molecule has 0 fully saturated rings. The van der Waals surface area contributed by atoms with Crippen molar-refractivity contribution < 1.29 is 32.5 Å². The number of benzene rings is 3. The normalized spacial score (nSPS) is 14.7. The van der Waals surface area contributed by atoms with Crippen molar-refractivity contribution in [3.63, 3.8) is 0 Å². The number of nitrogens with zero attached hydrogens (tertiary/aromatic N) is 2. The number of thiazole rings is 1. The molecule has 1 aliphatic rings. The predicted molar refractivity (Wildman–Crippen MR) is 158 cm³/mol. The van der Waals surface area contributed by atoms with E-state index >= 15 is 0 Å². The number of halogens is 2. The molecule has 2 heterocycles. The minimum Gasteiger partial charge on any atom is -0.497 e. The summed E-state index contributed by atoms with van der Waals surface area (Å²) in [5.74, 6) is 0.477. The summed E-state index contributed by atoms with van der Waals surface area (Å²) in [5.41, 5.74) is 1.94. The van der Waals surface area contributed by atoms with Crippen molar-refractivity contribution in [2.24, 2.45) is 4.99 Å². The van der Waals surface area contributed by atoms with Crippen LogP contribution in [0.15, 0.2) is 87.8 Å². The Hall–Kier alpha value is -4.97. The quantitative estimate of drug-likeness (QED) is 0.301. The number of ether oxygens (including phenoxy) is 4. The van der Waals surface area contributed by atoms with Crippen LogP contribution in [0.1, 0.15) is 24.1 Å². The van der Waals surface area contributed by atoms with Gasteiger partial charge in [-0.05, 0) is 55.0 Å². The number of allylic oxidation sites excluding steroid dienone is 1. The van der Waals surface area contributed by atoms with Gasteiger partial charge in [-0.1, -0.05) is 35.6 Å². The lowest BCUT2D eigenvalue weighted by atomic mass is 9.94. The number of hydrogen-bond acceptors (Lipinski definition) is 8. The maximum Gasteiger partial charge on any atom is 0.387 e. The number of methoxy groups -OCH3 is 3. The highest BCUT2D eigenvalue weighted by molar-refractivity contribution is 7.07. The molecule has 222 valence electrons. The average molecular weight is 608 g/mol. The molecular weight excluding hydrogens is 580 g/mol. The number of aromatic nitrogens is 1. The van der Waals surface area contributed by atoms with E-state index in [2.05, 4.69) is 15.0 Å². The Morgan fingerprint density at radius 3 is 2.40 bits per heavy atom. The monoisotopic (exact) mass is 607 g/mol. The first kappa shape index (κ1) is 29.5. The van der Waals surface area contributed by atoms with E-state index in [0.29, 0.717) is 43.3 Å². The molecule has 4 aromatic rings. The molecule has 3 aromatic carbocycles. The van der Waals surface area contributed by atoms with Crippen LogP contribution in [0.5, 0.6) is 23.0 Å². The van der Waals surface area contributed by atoms with Gasteiger partial charge in [0.05, 0.1) is 37.1 Å². The van der Waals surface area contributed by atoms with E-state index in [9.17, 15) is 18.4 Å². The van der Waals surface area contributed by atoms with Crippen molar-refractivity contribution in [3.05, 3.63) is 109 Å². The van der Waals surface area contributed by atoms with Crippen LogP contribution in [-0.2, 0) is 4.79 Å². The van der Waals surface area contributed by atoms with Gasteiger partial charge in [0.25, 0.3) is 11.5 Å². The Bertz CT molecular complexity index is 1890. The molecule has 5 rings (SSSR count). The van der Waals surface area contributed by atoms with E-state index in [1.807, 2.05) is 6.07 Å². The highest BCUT2D eigenvalue weighted by Gasteiger charge is 2.34. The lowest BCUT2D eigenvalue weighted by Crippen LogP contribution is -2.40. The SMILES string of the molecule is COc1ccc([C@H]2C(C(=O)Nc3ccccc3)=C(C)N=c3s/c(=C/c4ccc(OC(F)F)c(OC)c4)c(=O)n32)c(OC)c1. The molecule has 9 nitrogen and oxygen atoms in total. The van der Waals surface area contributed by atoms with Crippen LogP contribution < -0.4 is 39.2 Å². The molecule has 43 heavy (non-hydrogen) atoms. The van der Waals surface area contributed by atoms with Crippen LogP contribution in [-0.4, -0.2) is 38.4 Å². The molecule has 0 unspecified atom stereocenters. The summed E-state index contributed by atoms with van der Waals surface area (Å²) >= 11 is 1.13. The highest BCUT2D eigenvalue weighted by atomic mass is 32.1. The van der Waals surface area contributed by atoms with Crippen molar-refractivity contribution in [2.75, 3.05) is 26.6 Å². The van der Waals surface area contributed by atoms with Crippen LogP contribution in [0.3, 0.4) is 0 Å². The molecule has 1 N–H and O–H groups in total. The largest absolute Gasteiger partial charge is 0.497 e. The Kier molecular flexibility index (Phi) is 8.58. The van der Waals surface area contributed by atoms with Crippen LogP contribution in [0.25, 0.3) is 6.08 Å². The molecule has 0 saturated heterocycles. The van der Waals surface area contributed by atoms with Gasteiger partial charge in [0.1, 0.15) is 17.5 Å². The molecule has 1 atom stereocenters. The number of alkyl halides is 2. The predicted octanol–water partition coefficient (Wildman–Crippen LogP) is 4.50. The van der Waals surface area contributed by atoms with E-state index in [1.165, 1.54) is 44.1 Å². The maximum atomic E-state index is 14.0. The number of carbonyl (C=O) groups is 1. The molecule has 12 heteroatoms. The molecule has 0 aliphatic carbocycles. The third kappa shape index (κ3) is 6.00. The zero-order chi connectivity index (χ0) is 30.7. The first-order chi connectivity index (χ1) is 20.7. The van der Waals surface area contributed by atoms with Gasteiger partial charge < -0.3 is 24.3 Å². The molecular formula is C31H27F2N3O6S. The van der Waals surface area contributed by atoms with Crippen LogP contribution in [0, 0.1) is 0 Å². The summed E-state index contributed by atoms with van der Waals surface area (Å²) in [6.45, 7) is -1.30. The molecule has 0 radical (unpaired) electrons. The van der Waals surface area contributed by atoms with Crippen molar-refractivity contribution >= 4 is 29.0 Å². The molecule has 0 saturated carbocycles. The Morgan fingerprint density at radius 2 is 1.72 bits per heavy atom. The number of fused-ring (bicyclic) bond motifs is 1. The van der Waals surface area contributed by atoms with E-state index < -0.39 is 24.1 Å². The summed E-state index contributed by atoms with van der Waals surface area (Å²) in [6, 6.07) is 17.6. The second-order valence-corrected chi connectivity index (χ2v) is 10.3. The van der Waals surface area contributed by atoms with Crippen molar-refractivity contribution in [1.82, 2.24) is 4.57 Å². The summed E-state index contributed by atoms with van der Waals surface area (Å²) in [7, 11) is 4.36. The first-order valence-corrected chi connectivity index (χ1v) is 13.8. The number of hydrogen-bond donors (Lipinski definition) is 1. The molecule has 0 spiro atoms. The van der Waals surface area contributed by atoms with Gasteiger partial charge >= 0.3 is 6.61 Å². The lowest BCUT2D eigenvalue weighted by molar-refractivity contribution is -0.113. The summed E-state index contributed by atoms with van der Waals surface area (Å²) < 4.78 is 48.1. The lowest BCUT2D eigenvalue weighted by Gasteiger charge is -2.26. The van der Waals surface area contributed by atoms with Crippen LogP contribution in [0.4, 0.5) is 14.5 Å². The summed E-state index contributed by atoms with van der Waals surface area (Å²) in [5, 5.41) is 2.91. The van der Waals surface area contributed by atoms with Gasteiger partial charge in [-0.3, -0.25) is 14.2 Å². The number of amides is 1. The van der Waals surface area contributed by atoms with E-state index in [0.717, 1.165) is 11.3 Å². The Balaban J connectivity index is 1.68. The average Bonchev–Trinajstić information content (AvgIpc) is 3.30.